The van der Waals surface area contributed by atoms with E-state index in [1.54, 1.807) is 0 Å². The van der Waals surface area contributed by atoms with Crippen molar-refractivity contribution in [1.29, 1.82) is 0 Å². The molecular formula is HCoFeKOV. The van der Waals surface area contributed by atoms with Crippen molar-refractivity contribution in [1.82, 2.24) is 0 Å². The Hall–Kier alpha value is 3.05. The van der Waals surface area contributed by atoms with Crippen molar-refractivity contribution in [2.75, 3.05) is 0 Å². The van der Waals surface area contributed by atoms with Crippen LogP contribution >= 0.6 is 0 Å². The van der Waals surface area contributed by atoms with Crippen LogP contribution in [0.1, 0.15) is 1.43 Å². The molecular weight excluding hydrogens is 221 g/mol. The average molecular weight is 222 g/mol. The third-order valence-electron chi connectivity index (χ3n) is 0. The zero-order valence-electron chi connectivity index (χ0n) is 3.54. The maximum Gasteiger partial charge on any atom is 0 e. The van der Waals surface area contributed by atoms with E-state index >= 15 is 0 Å². The first-order chi connectivity index (χ1) is 1.00. The minimum absolute atomic E-state index is 0. The Balaban J connectivity index is -0.000000000833. The number of rotatable bonds is 0. The standard InChI is InChI=1S/Co.Fe.K.O.V.H/q;;+1;;;-1. The molecule has 0 aliphatic heterocycles. The van der Waals surface area contributed by atoms with Gasteiger partial charge in [0.25, 0.3) is 0 Å². The third kappa shape index (κ3) is 19.3. The molecule has 0 aromatic heterocycles. The largest absolute Gasteiger partial charge is 0 e. The fraction of sp³-hybridized carbons (Fsp3) is 0. The topological polar surface area (TPSA) is 17.1 Å². The summed E-state index contributed by atoms with van der Waals surface area (Å²) in [5.41, 5.74) is 0. The molecule has 0 atom stereocenters. The van der Waals surface area contributed by atoms with Crippen LogP contribution < -0.4 is 51.4 Å². The molecule has 0 heterocycles. The van der Waals surface area contributed by atoms with Gasteiger partial charge in [-0.05, 0) is 0 Å². The zero-order valence-corrected chi connectivity index (χ0v) is 9.21. The van der Waals surface area contributed by atoms with Crippen molar-refractivity contribution in [3.8, 4) is 0 Å². The molecule has 0 saturated heterocycles. The first-order valence-electron chi connectivity index (χ1n) is 0.136. The predicted molar refractivity (Wildman–Crippen MR) is 1.80 cm³/mol. The summed E-state index contributed by atoms with van der Waals surface area (Å²) in [6.45, 7) is 0. The molecule has 0 N–H and O–H groups in total. The molecule has 0 unspecified atom stereocenters. The van der Waals surface area contributed by atoms with Crippen LogP contribution in [0, 0.1) is 0 Å². The fourth-order valence-electron chi connectivity index (χ4n) is 0. The molecule has 1 radical (unpaired) electrons. The fourth-order valence-corrected chi connectivity index (χ4v) is 0. The first-order valence-corrected chi connectivity index (χ1v) is 0.561. The summed E-state index contributed by atoms with van der Waals surface area (Å²) in [5.74, 6) is 0. The Morgan fingerprint density at radius 1 is 1.40 bits per heavy atom. The number of hydrogen-bond donors (Lipinski definition) is 0. The van der Waals surface area contributed by atoms with Gasteiger partial charge in [0.15, 0.2) is 0 Å². The SMILES string of the molecule is [Fe].[H-].[K+].[O]=[Co].[V]. The minimum atomic E-state index is 0. The van der Waals surface area contributed by atoms with Crippen LogP contribution in [0.4, 0.5) is 0 Å². The molecule has 5 heavy (non-hydrogen) atoms. The average Bonchev–Trinajstić information content (AvgIpc) is 1.00. The maximum absolute atomic E-state index is 7.94. The minimum Gasteiger partial charge on any atom is 0 e. The number of hydrogen-bond acceptors (Lipinski definition) is 1. The Kier molecular flexibility index (Phi) is 135. The molecule has 1 nitrogen and oxygen atoms in total. The van der Waals surface area contributed by atoms with E-state index < -0.39 is 0 Å². The maximum atomic E-state index is 7.94. The van der Waals surface area contributed by atoms with Crippen LogP contribution in [-0.4, -0.2) is 0 Å². The Morgan fingerprint density at radius 2 is 1.40 bits per heavy atom. The second-order valence-corrected chi connectivity index (χ2v) is 0. The van der Waals surface area contributed by atoms with E-state index in [0.29, 0.717) is 0 Å². The van der Waals surface area contributed by atoms with Crippen molar-refractivity contribution in [3.05, 3.63) is 0 Å². The van der Waals surface area contributed by atoms with Crippen molar-refractivity contribution >= 4 is 0 Å². The van der Waals surface area contributed by atoms with Gasteiger partial charge in [-0.3, -0.25) is 0 Å². The molecule has 30 valence electrons. The Morgan fingerprint density at radius 3 is 1.40 bits per heavy atom. The smallest absolute Gasteiger partial charge is 0 e. The molecule has 0 spiro atoms. The molecule has 0 saturated carbocycles. The van der Waals surface area contributed by atoms with Gasteiger partial charge in [0.2, 0.25) is 0 Å². The molecule has 5 heteroatoms. The van der Waals surface area contributed by atoms with E-state index in [1.165, 1.54) is 0 Å². The summed E-state index contributed by atoms with van der Waals surface area (Å²) in [6, 6.07) is 0. The van der Waals surface area contributed by atoms with Crippen molar-refractivity contribution in [2.24, 2.45) is 0 Å². The van der Waals surface area contributed by atoms with Crippen LogP contribution in [0.25, 0.3) is 0 Å². The van der Waals surface area contributed by atoms with E-state index in [9.17, 15) is 0 Å². The van der Waals surface area contributed by atoms with E-state index in [2.05, 4.69) is 15.7 Å². The molecule has 0 aliphatic rings. The second-order valence-electron chi connectivity index (χ2n) is 0. The van der Waals surface area contributed by atoms with Crippen LogP contribution in [0.2, 0.25) is 0 Å². The normalized spacial score (nSPS) is 1.00. The summed E-state index contributed by atoms with van der Waals surface area (Å²) >= 11 is 2.31. The summed E-state index contributed by atoms with van der Waals surface area (Å²) in [7, 11) is 0. The molecule has 0 rings (SSSR count). The van der Waals surface area contributed by atoms with Gasteiger partial charge in [0.05, 0.1) is 0 Å². The van der Waals surface area contributed by atoms with Crippen molar-refractivity contribution in [3.63, 3.8) is 0 Å². The van der Waals surface area contributed by atoms with Crippen molar-refractivity contribution < 1.29 is 108 Å². The summed E-state index contributed by atoms with van der Waals surface area (Å²) in [5, 5.41) is 0. The van der Waals surface area contributed by atoms with Gasteiger partial charge in [-0.15, -0.1) is 0 Å². The monoisotopic (exact) mass is 222 g/mol. The van der Waals surface area contributed by atoms with E-state index in [0.717, 1.165) is 0 Å². The third-order valence-corrected chi connectivity index (χ3v) is 0. The molecule has 0 aliphatic carbocycles. The van der Waals surface area contributed by atoms with E-state index in [-0.39, 0.29) is 88.4 Å². The van der Waals surface area contributed by atoms with Crippen LogP contribution in [0.3, 0.4) is 0 Å². The van der Waals surface area contributed by atoms with Crippen LogP contribution in [-0.2, 0) is 55.2 Å². The van der Waals surface area contributed by atoms with Crippen LogP contribution in [0.15, 0.2) is 0 Å². The van der Waals surface area contributed by atoms with Crippen molar-refractivity contribution in [2.45, 2.75) is 0 Å². The molecule has 0 aromatic carbocycles. The van der Waals surface area contributed by atoms with Gasteiger partial charge in [0, 0.05) is 35.6 Å². The molecule has 0 aromatic rings. The van der Waals surface area contributed by atoms with E-state index in [4.69, 9.17) is 3.87 Å². The van der Waals surface area contributed by atoms with Gasteiger partial charge in [-0.2, -0.15) is 0 Å². The molecule has 0 fully saturated rings. The first kappa shape index (κ1) is 24.4. The second kappa shape index (κ2) is 27.8. The van der Waals surface area contributed by atoms with E-state index in [1.807, 2.05) is 0 Å². The summed E-state index contributed by atoms with van der Waals surface area (Å²) < 4.78 is 7.94. The predicted octanol–water partition coefficient (Wildman–Crippen LogP) is -3.01. The van der Waals surface area contributed by atoms with Gasteiger partial charge in [-0.25, -0.2) is 0 Å². The zero-order chi connectivity index (χ0) is 2.00. The van der Waals surface area contributed by atoms with Gasteiger partial charge in [-0.1, -0.05) is 0 Å². The van der Waals surface area contributed by atoms with Crippen LogP contribution in [0.5, 0.6) is 0 Å². The Bertz CT molecular complexity index is 15.5. The van der Waals surface area contributed by atoms with Gasteiger partial charge < -0.3 is 1.43 Å². The van der Waals surface area contributed by atoms with Gasteiger partial charge >= 0.3 is 70.9 Å². The quantitative estimate of drug-likeness (QED) is 0.399. The summed E-state index contributed by atoms with van der Waals surface area (Å²) in [6.07, 6.45) is 0. The Labute approximate surface area is 105 Å². The molecule has 0 bridgehead atoms. The van der Waals surface area contributed by atoms with Gasteiger partial charge in [0.1, 0.15) is 0 Å². The summed E-state index contributed by atoms with van der Waals surface area (Å²) in [4.78, 5) is 0. The molecule has 0 amide bonds.